The van der Waals surface area contributed by atoms with Gasteiger partial charge in [0.1, 0.15) is 0 Å². The van der Waals surface area contributed by atoms with Crippen molar-refractivity contribution >= 4 is 11.4 Å². The van der Waals surface area contributed by atoms with Gasteiger partial charge >= 0.3 is 12.3 Å². The molecule has 2 aliphatic heterocycles. The Hall–Kier alpha value is -1.96. The number of ether oxygens (including phenoxy) is 1. The van der Waals surface area contributed by atoms with E-state index in [2.05, 4.69) is 21.5 Å². The molecular formula is C16H21F2N3O3. The third-order valence-electron chi connectivity index (χ3n) is 4.97. The second kappa shape index (κ2) is 6.88. The van der Waals surface area contributed by atoms with Crippen molar-refractivity contribution in [1.82, 2.24) is 4.90 Å². The lowest BCUT2D eigenvalue weighted by Crippen LogP contribution is -2.39. The van der Waals surface area contributed by atoms with E-state index in [-0.39, 0.29) is 5.75 Å². The van der Waals surface area contributed by atoms with Crippen molar-refractivity contribution in [2.24, 2.45) is 0 Å². The smallest absolute Gasteiger partial charge is 0.387 e. The molecule has 2 aliphatic rings. The molecule has 2 unspecified atom stereocenters. The third-order valence-corrected chi connectivity index (χ3v) is 4.97. The molecule has 1 aromatic carbocycles. The van der Waals surface area contributed by atoms with Gasteiger partial charge in [-0.1, -0.05) is 6.92 Å². The number of nitrogens with zero attached hydrogens (tertiary/aromatic N) is 3. The topological polar surface area (TPSA) is 58.9 Å². The Morgan fingerprint density at radius 3 is 2.75 bits per heavy atom. The molecule has 132 valence electrons. The van der Waals surface area contributed by atoms with Crippen LogP contribution in [0, 0.1) is 10.1 Å². The van der Waals surface area contributed by atoms with Gasteiger partial charge in [0.15, 0.2) is 0 Å². The van der Waals surface area contributed by atoms with E-state index in [0.717, 1.165) is 44.6 Å². The second-order valence-corrected chi connectivity index (χ2v) is 6.26. The van der Waals surface area contributed by atoms with Gasteiger partial charge < -0.3 is 14.5 Å². The lowest BCUT2D eigenvalue weighted by molar-refractivity contribution is -0.386. The molecule has 2 fully saturated rings. The van der Waals surface area contributed by atoms with Gasteiger partial charge in [0, 0.05) is 43.0 Å². The maximum atomic E-state index is 12.6. The van der Waals surface area contributed by atoms with E-state index in [4.69, 9.17) is 0 Å². The number of likely N-dealkylation sites (tertiary alicyclic amines) is 1. The van der Waals surface area contributed by atoms with Crippen LogP contribution in [-0.4, -0.2) is 48.2 Å². The van der Waals surface area contributed by atoms with Crippen molar-refractivity contribution in [1.29, 1.82) is 0 Å². The fourth-order valence-corrected chi connectivity index (χ4v) is 3.86. The summed E-state index contributed by atoms with van der Waals surface area (Å²) in [6.07, 6.45) is 3.11. The first-order chi connectivity index (χ1) is 11.5. The molecule has 0 amide bonds. The quantitative estimate of drug-likeness (QED) is 0.608. The van der Waals surface area contributed by atoms with E-state index in [9.17, 15) is 18.9 Å². The molecule has 0 saturated carbocycles. The van der Waals surface area contributed by atoms with Crippen molar-refractivity contribution in [3.8, 4) is 5.75 Å². The average molecular weight is 341 g/mol. The Balaban J connectivity index is 1.92. The first-order valence-corrected chi connectivity index (χ1v) is 8.23. The minimum Gasteiger partial charge on any atom is -0.427 e. The van der Waals surface area contributed by atoms with E-state index in [1.807, 2.05) is 0 Å². The Labute approximate surface area is 139 Å². The van der Waals surface area contributed by atoms with Crippen LogP contribution in [0.3, 0.4) is 0 Å². The van der Waals surface area contributed by atoms with Crippen molar-refractivity contribution in [3.05, 3.63) is 28.3 Å². The van der Waals surface area contributed by atoms with Crippen molar-refractivity contribution < 1.29 is 18.4 Å². The number of anilines is 1. The molecule has 0 aliphatic carbocycles. The highest BCUT2D eigenvalue weighted by molar-refractivity contribution is 5.61. The standard InChI is InChI=1S/C16H21F2N3O3/c1-2-19-8-7-11-3-4-13(10-19)20(11)12-5-6-14(21(22)23)15(9-12)24-16(17)18/h5-6,9,11,13,16H,2-4,7-8,10H2,1H3. The molecule has 0 aromatic heterocycles. The Bertz CT molecular complexity index is 614. The van der Waals surface area contributed by atoms with Gasteiger partial charge in [-0.2, -0.15) is 8.78 Å². The van der Waals surface area contributed by atoms with E-state index in [1.54, 1.807) is 6.07 Å². The van der Waals surface area contributed by atoms with Gasteiger partial charge in [-0.25, -0.2) is 0 Å². The van der Waals surface area contributed by atoms with E-state index in [0.29, 0.717) is 12.1 Å². The zero-order valence-electron chi connectivity index (χ0n) is 13.5. The normalized spacial score (nSPS) is 24.2. The molecule has 0 N–H and O–H groups in total. The highest BCUT2D eigenvalue weighted by Crippen LogP contribution is 2.39. The minimum absolute atomic E-state index is 0.304. The SMILES string of the molecule is CCN1CCC2CCC(C1)N2c1ccc([N+](=O)[O-])c(OC(F)F)c1. The molecule has 0 spiro atoms. The number of hydrogen-bond acceptors (Lipinski definition) is 5. The first-order valence-electron chi connectivity index (χ1n) is 8.23. The zero-order chi connectivity index (χ0) is 17.3. The van der Waals surface area contributed by atoms with Gasteiger partial charge in [0.25, 0.3) is 0 Å². The molecular weight excluding hydrogens is 320 g/mol. The van der Waals surface area contributed by atoms with E-state index >= 15 is 0 Å². The highest BCUT2D eigenvalue weighted by atomic mass is 19.3. The van der Waals surface area contributed by atoms with Crippen LogP contribution in [0.25, 0.3) is 0 Å². The van der Waals surface area contributed by atoms with Crippen LogP contribution in [0.1, 0.15) is 26.2 Å². The van der Waals surface area contributed by atoms with E-state index in [1.165, 1.54) is 12.1 Å². The number of benzene rings is 1. The van der Waals surface area contributed by atoms with Crippen LogP contribution < -0.4 is 9.64 Å². The Kier molecular flexibility index (Phi) is 4.84. The van der Waals surface area contributed by atoms with Crippen molar-refractivity contribution in [3.63, 3.8) is 0 Å². The van der Waals surface area contributed by atoms with Crippen LogP contribution in [0.5, 0.6) is 5.75 Å². The molecule has 2 atom stereocenters. The van der Waals surface area contributed by atoms with E-state index < -0.39 is 17.2 Å². The summed E-state index contributed by atoms with van der Waals surface area (Å²) in [5.41, 5.74) is 0.290. The maximum Gasteiger partial charge on any atom is 0.387 e. The summed E-state index contributed by atoms with van der Waals surface area (Å²) in [4.78, 5) is 15.0. The van der Waals surface area contributed by atoms with Crippen LogP contribution in [-0.2, 0) is 0 Å². The summed E-state index contributed by atoms with van der Waals surface area (Å²) in [6.45, 7) is 1.97. The Morgan fingerprint density at radius 1 is 1.33 bits per heavy atom. The van der Waals surface area contributed by atoms with Gasteiger partial charge in [0.05, 0.1) is 4.92 Å². The predicted molar refractivity (Wildman–Crippen MR) is 85.7 cm³/mol. The zero-order valence-corrected chi connectivity index (χ0v) is 13.5. The number of likely N-dealkylation sites (N-methyl/N-ethyl adjacent to an activating group) is 1. The average Bonchev–Trinajstić information content (AvgIpc) is 2.81. The number of nitro groups is 1. The molecule has 2 saturated heterocycles. The van der Waals surface area contributed by atoms with Gasteiger partial charge in [-0.15, -0.1) is 0 Å². The number of nitro benzene ring substituents is 1. The third kappa shape index (κ3) is 3.28. The molecule has 0 radical (unpaired) electrons. The number of halogens is 2. The molecule has 8 heteroatoms. The summed E-state index contributed by atoms with van der Waals surface area (Å²) in [7, 11) is 0. The summed E-state index contributed by atoms with van der Waals surface area (Å²) < 4.78 is 29.6. The Morgan fingerprint density at radius 2 is 2.08 bits per heavy atom. The molecule has 1 aromatic rings. The summed E-state index contributed by atoms with van der Waals surface area (Å²) in [6, 6.07) is 4.93. The minimum atomic E-state index is -3.09. The highest BCUT2D eigenvalue weighted by Gasteiger charge is 2.37. The van der Waals surface area contributed by atoms with Crippen LogP contribution in [0.4, 0.5) is 20.2 Å². The van der Waals surface area contributed by atoms with Crippen molar-refractivity contribution in [2.45, 2.75) is 44.9 Å². The van der Waals surface area contributed by atoms with Gasteiger partial charge in [-0.05, 0) is 31.9 Å². The second-order valence-electron chi connectivity index (χ2n) is 6.26. The number of fused-ring (bicyclic) bond motifs is 2. The monoisotopic (exact) mass is 341 g/mol. The lowest BCUT2D eigenvalue weighted by atomic mass is 10.1. The summed E-state index contributed by atoms with van der Waals surface area (Å²) in [5, 5.41) is 11.0. The van der Waals surface area contributed by atoms with Crippen LogP contribution >= 0.6 is 0 Å². The lowest BCUT2D eigenvalue weighted by Gasteiger charge is -2.31. The van der Waals surface area contributed by atoms with Crippen molar-refractivity contribution in [2.75, 3.05) is 24.5 Å². The van der Waals surface area contributed by atoms with Gasteiger partial charge in [-0.3, -0.25) is 10.1 Å². The van der Waals surface area contributed by atoms with Crippen LogP contribution in [0.15, 0.2) is 18.2 Å². The fourth-order valence-electron chi connectivity index (χ4n) is 3.86. The number of alkyl halides is 2. The van der Waals surface area contributed by atoms with Crippen LogP contribution in [0.2, 0.25) is 0 Å². The molecule has 6 nitrogen and oxygen atoms in total. The summed E-state index contributed by atoms with van der Waals surface area (Å²) in [5.74, 6) is -0.372. The largest absolute Gasteiger partial charge is 0.427 e. The maximum absolute atomic E-state index is 12.6. The molecule has 2 heterocycles. The molecule has 3 rings (SSSR count). The molecule has 24 heavy (non-hydrogen) atoms. The number of rotatable bonds is 5. The number of hydrogen-bond donors (Lipinski definition) is 0. The van der Waals surface area contributed by atoms with Gasteiger partial charge in [0.2, 0.25) is 5.75 Å². The predicted octanol–water partition coefficient (Wildman–Crippen LogP) is 3.26. The molecule has 2 bridgehead atoms. The first kappa shape index (κ1) is 16.9. The summed E-state index contributed by atoms with van der Waals surface area (Å²) >= 11 is 0. The fraction of sp³-hybridized carbons (Fsp3) is 0.625.